The second-order valence-electron chi connectivity index (χ2n) is 4.57. The minimum atomic E-state index is -4.63. The normalized spacial score (nSPS) is 11.0. The molecule has 0 saturated carbocycles. The summed E-state index contributed by atoms with van der Waals surface area (Å²) in [6.07, 6.45) is -2.26. The fourth-order valence-electron chi connectivity index (χ4n) is 1.65. The second-order valence-corrected chi connectivity index (χ2v) is 4.57. The van der Waals surface area contributed by atoms with Crippen LogP contribution in [-0.4, -0.2) is 28.1 Å². The summed E-state index contributed by atoms with van der Waals surface area (Å²) in [4.78, 5) is 11.2. The number of hydrogen-bond acceptors (Lipinski definition) is 7. The van der Waals surface area contributed by atoms with Crippen LogP contribution in [0.5, 0.6) is 5.88 Å². The summed E-state index contributed by atoms with van der Waals surface area (Å²) >= 11 is 0. The standard InChI is InChI=1S/C14H13F3N6O/c15-14(16,17)11-8-21-13(23-12(11)24-5-1-4-18)22-10-3-2-9(6-19)20-7-10/h2-3,7-8H,1,4-5,18H2,(H,21,22,23). The molecule has 0 aliphatic heterocycles. The molecule has 0 spiro atoms. The van der Waals surface area contributed by atoms with E-state index in [1.807, 2.05) is 6.07 Å². The molecule has 7 nitrogen and oxygen atoms in total. The highest BCUT2D eigenvalue weighted by Gasteiger charge is 2.36. The third-order valence-corrected chi connectivity index (χ3v) is 2.78. The quantitative estimate of drug-likeness (QED) is 0.777. The van der Waals surface area contributed by atoms with Crippen molar-refractivity contribution in [2.75, 3.05) is 18.5 Å². The van der Waals surface area contributed by atoms with Crippen molar-refractivity contribution >= 4 is 11.6 Å². The van der Waals surface area contributed by atoms with Gasteiger partial charge in [-0.1, -0.05) is 0 Å². The number of hydrogen-bond donors (Lipinski definition) is 2. The van der Waals surface area contributed by atoms with Crippen LogP contribution in [0.3, 0.4) is 0 Å². The van der Waals surface area contributed by atoms with Crippen molar-refractivity contribution in [2.24, 2.45) is 5.73 Å². The molecular weight excluding hydrogens is 325 g/mol. The van der Waals surface area contributed by atoms with Crippen molar-refractivity contribution in [1.82, 2.24) is 15.0 Å². The fourth-order valence-corrected chi connectivity index (χ4v) is 1.65. The summed E-state index contributed by atoms with van der Waals surface area (Å²) in [5.74, 6) is -0.660. The monoisotopic (exact) mass is 338 g/mol. The van der Waals surface area contributed by atoms with Gasteiger partial charge in [0.15, 0.2) is 0 Å². The molecule has 0 amide bonds. The van der Waals surface area contributed by atoms with E-state index in [9.17, 15) is 13.2 Å². The van der Waals surface area contributed by atoms with E-state index < -0.39 is 17.6 Å². The van der Waals surface area contributed by atoms with Gasteiger partial charge in [-0.25, -0.2) is 9.97 Å². The van der Waals surface area contributed by atoms with Gasteiger partial charge in [0.25, 0.3) is 0 Å². The van der Waals surface area contributed by atoms with Gasteiger partial charge in [-0.2, -0.15) is 23.4 Å². The number of halogens is 3. The number of alkyl halides is 3. The molecule has 2 heterocycles. The molecule has 3 N–H and O–H groups in total. The molecule has 2 rings (SSSR count). The summed E-state index contributed by atoms with van der Waals surface area (Å²) in [6, 6.07) is 4.83. The Balaban J connectivity index is 2.23. The maximum Gasteiger partial charge on any atom is 0.423 e. The molecule has 0 aliphatic rings. The number of nitriles is 1. The zero-order valence-corrected chi connectivity index (χ0v) is 12.3. The van der Waals surface area contributed by atoms with Crippen LogP contribution >= 0.6 is 0 Å². The second kappa shape index (κ2) is 7.56. The lowest BCUT2D eigenvalue weighted by Crippen LogP contribution is -2.14. The molecule has 2 aromatic heterocycles. The molecule has 126 valence electrons. The van der Waals surface area contributed by atoms with Crippen molar-refractivity contribution < 1.29 is 17.9 Å². The first-order chi connectivity index (χ1) is 11.4. The molecule has 0 atom stereocenters. The molecule has 0 radical (unpaired) electrons. The van der Waals surface area contributed by atoms with E-state index in [0.717, 1.165) is 0 Å². The number of nitrogens with zero attached hydrogens (tertiary/aromatic N) is 4. The summed E-state index contributed by atoms with van der Waals surface area (Å²) in [5, 5.41) is 11.4. The molecule has 0 bridgehead atoms. The third kappa shape index (κ3) is 4.53. The smallest absolute Gasteiger partial charge is 0.423 e. The van der Waals surface area contributed by atoms with Gasteiger partial charge in [-0.15, -0.1) is 0 Å². The van der Waals surface area contributed by atoms with Gasteiger partial charge in [-0.05, 0) is 25.1 Å². The molecule has 0 aromatic carbocycles. The van der Waals surface area contributed by atoms with Crippen LogP contribution < -0.4 is 15.8 Å². The first-order valence-electron chi connectivity index (χ1n) is 6.84. The molecule has 2 aromatic rings. The van der Waals surface area contributed by atoms with Gasteiger partial charge >= 0.3 is 6.18 Å². The van der Waals surface area contributed by atoms with Gasteiger partial charge < -0.3 is 15.8 Å². The lowest BCUT2D eigenvalue weighted by atomic mass is 10.3. The van der Waals surface area contributed by atoms with Crippen LogP contribution in [0.1, 0.15) is 17.7 Å². The number of ether oxygens (including phenoxy) is 1. The van der Waals surface area contributed by atoms with E-state index in [1.165, 1.54) is 18.3 Å². The molecule has 0 fully saturated rings. The Morgan fingerprint density at radius 3 is 2.62 bits per heavy atom. The lowest BCUT2D eigenvalue weighted by Gasteiger charge is -2.13. The molecular formula is C14H13F3N6O. The summed E-state index contributed by atoms with van der Waals surface area (Å²) in [6.45, 7) is 0.295. The number of pyridine rings is 1. The summed E-state index contributed by atoms with van der Waals surface area (Å²) in [7, 11) is 0. The van der Waals surface area contributed by atoms with Crippen LogP contribution in [0.25, 0.3) is 0 Å². The number of rotatable bonds is 6. The van der Waals surface area contributed by atoms with Gasteiger partial charge in [0.2, 0.25) is 11.8 Å². The number of nitrogens with one attached hydrogen (secondary N) is 1. The summed E-state index contributed by atoms with van der Waals surface area (Å²) < 4.78 is 43.9. The fraction of sp³-hybridized carbons (Fsp3) is 0.286. The minimum Gasteiger partial charge on any atom is -0.477 e. The average molecular weight is 338 g/mol. The maximum absolute atomic E-state index is 13.0. The van der Waals surface area contributed by atoms with E-state index in [2.05, 4.69) is 20.3 Å². The number of anilines is 2. The van der Waals surface area contributed by atoms with Crippen molar-refractivity contribution in [1.29, 1.82) is 5.26 Å². The highest BCUT2D eigenvalue weighted by Crippen LogP contribution is 2.35. The Labute approximate surface area is 135 Å². The largest absolute Gasteiger partial charge is 0.477 e. The van der Waals surface area contributed by atoms with Crippen LogP contribution in [0.2, 0.25) is 0 Å². The predicted molar refractivity (Wildman–Crippen MR) is 78.4 cm³/mol. The highest BCUT2D eigenvalue weighted by molar-refractivity contribution is 5.53. The van der Waals surface area contributed by atoms with Gasteiger partial charge in [0.1, 0.15) is 17.3 Å². The topological polar surface area (TPSA) is 110 Å². The van der Waals surface area contributed by atoms with Crippen LogP contribution in [0.15, 0.2) is 24.5 Å². The predicted octanol–water partition coefficient (Wildman–Crippen LogP) is 2.23. The van der Waals surface area contributed by atoms with E-state index in [0.29, 0.717) is 18.3 Å². The van der Waals surface area contributed by atoms with Crippen LogP contribution in [0.4, 0.5) is 24.8 Å². The maximum atomic E-state index is 13.0. The highest BCUT2D eigenvalue weighted by atomic mass is 19.4. The number of nitrogens with two attached hydrogens (primary N) is 1. The molecule has 0 aliphatic carbocycles. The first kappa shape index (κ1) is 17.4. The van der Waals surface area contributed by atoms with E-state index in [4.69, 9.17) is 15.7 Å². The van der Waals surface area contributed by atoms with E-state index in [1.54, 1.807) is 0 Å². The SMILES string of the molecule is N#Cc1ccc(Nc2ncc(C(F)(F)F)c(OCCCN)n2)cn1. The van der Waals surface area contributed by atoms with Crippen molar-refractivity contribution in [3.05, 3.63) is 35.8 Å². The van der Waals surface area contributed by atoms with E-state index >= 15 is 0 Å². The first-order valence-corrected chi connectivity index (χ1v) is 6.84. The zero-order valence-electron chi connectivity index (χ0n) is 12.3. The van der Waals surface area contributed by atoms with Crippen molar-refractivity contribution in [3.63, 3.8) is 0 Å². The molecule has 0 unspecified atom stereocenters. The lowest BCUT2D eigenvalue weighted by molar-refractivity contribution is -0.139. The number of aromatic nitrogens is 3. The average Bonchev–Trinajstić information content (AvgIpc) is 2.55. The van der Waals surface area contributed by atoms with Crippen LogP contribution in [-0.2, 0) is 6.18 Å². The van der Waals surface area contributed by atoms with Gasteiger partial charge in [0, 0.05) is 6.20 Å². The Kier molecular flexibility index (Phi) is 5.49. The Hall–Kier alpha value is -2.93. The van der Waals surface area contributed by atoms with Crippen molar-refractivity contribution in [2.45, 2.75) is 12.6 Å². The minimum absolute atomic E-state index is 0.00839. The molecule has 10 heteroatoms. The van der Waals surface area contributed by atoms with Gasteiger partial charge in [0.05, 0.1) is 18.5 Å². The Morgan fingerprint density at radius 2 is 2.04 bits per heavy atom. The summed E-state index contributed by atoms with van der Waals surface area (Å²) in [5.41, 5.74) is 4.85. The van der Waals surface area contributed by atoms with Crippen LogP contribution in [0, 0.1) is 11.3 Å². The Morgan fingerprint density at radius 1 is 1.25 bits per heavy atom. The van der Waals surface area contributed by atoms with Crippen molar-refractivity contribution in [3.8, 4) is 11.9 Å². The molecule has 24 heavy (non-hydrogen) atoms. The van der Waals surface area contributed by atoms with E-state index in [-0.39, 0.29) is 24.8 Å². The third-order valence-electron chi connectivity index (χ3n) is 2.78. The zero-order chi connectivity index (χ0) is 17.6. The Bertz CT molecular complexity index is 727. The van der Waals surface area contributed by atoms with Gasteiger partial charge in [-0.3, -0.25) is 0 Å². The molecule has 0 saturated heterocycles.